The largest absolute Gasteiger partial charge is 0.505 e. The maximum Gasteiger partial charge on any atom is 0.165 e. The highest BCUT2D eigenvalue weighted by molar-refractivity contribution is 5.36. The SMILES string of the molecule is CC(N)c1c(F)ccc(F)c1O. The van der Waals surface area contributed by atoms with E-state index in [1.165, 1.54) is 6.92 Å². The third-order valence-corrected chi connectivity index (χ3v) is 1.57. The molecule has 4 heteroatoms. The number of aromatic hydroxyl groups is 1. The van der Waals surface area contributed by atoms with Crippen LogP contribution in [0.4, 0.5) is 8.78 Å². The van der Waals surface area contributed by atoms with Crippen molar-refractivity contribution < 1.29 is 13.9 Å². The highest BCUT2D eigenvalue weighted by Crippen LogP contribution is 2.27. The van der Waals surface area contributed by atoms with Gasteiger partial charge in [0.2, 0.25) is 0 Å². The first-order chi connectivity index (χ1) is 5.54. The van der Waals surface area contributed by atoms with Crippen LogP contribution in [0.15, 0.2) is 12.1 Å². The zero-order chi connectivity index (χ0) is 9.30. The van der Waals surface area contributed by atoms with E-state index in [4.69, 9.17) is 10.8 Å². The Kier molecular flexibility index (Phi) is 2.28. The maximum atomic E-state index is 12.9. The average Bonchev–Trinajstić information content (AvgIpc) is 1.97. The van der Waals surface area contributed by atoms with Crippen molar-refractivity contribution in [1.82, 2.24) is 0 Å². The summed E-state index contributed by atoms with van der Waals surface area (Å²) < 4.78 is 25.5. The lowest BCUT2D eigenvalue weighted by Crippen LogP contribution is -2.08. The van der Waals surface area contributed by atoms with Gasteiger partial charge in [0.25, 0.3) is 0 Å². The number of nitrogens with two attached hydrogens (primary N) is 1. The van der Waals surface area contributed by atoms with Crippen LogP contribution in [0.3, 0.4) is 0 Å². The molecule has 0 saturated carbocycles. The molecule has 0 aliphatic carbocycles. The van der Waals surface area contributed by atoms with E-state index in [1.807, 2.05) is 0 Å². The van der Waals surface area contributed by atoms with Gasteiger partial charge in [0.15, 0.2) is 11.6 Å². The standard InChI is InChI=1S/C8H9F2NO/c1-4(11)7-5(9)2-3-6(10)8(7)12/h2-4,12H,11H2,1H3. The fourth-order valence-electron chi connectivity index (χ4n) is 0.990. The van der Waals surface area contributed by atoms with E-state index in [2.05, 4.69) is 0 Å². The van der Waals surface area contributed by atoms with Gasteiger partial charge in [0.1, 0.15) is 5.82 Å². The Labute approximate surface area is 68.6 Å². The maximum absolute atomic E-state index is 12.9. The minimum absolute atomic E-state index is 0.185. The molecule has 12 heavy (non-hydrogen) atoms. The number of halogens is 2. The van der Waals surface area contributed by atoms with Crippen LogP contribution in [0.25, 0.3) is 0 Å². The van der Waals surface area contributed by atoms with Crippen molar-refractivity contribution in [2.24, 2.45) is 5.73 Å². The zero-order valence-corrected chi connectivity index (χ0v) is 6.51. The first-order valence-corrected chi connectivity index (χ1v) is 3.46. The predicted octanol–water partition coefficient (Wildman–Crippen LogP) is 1.69. The summed E-state index contributed by atoms with van der Waals surface area (Å²) in [4.78, 5) is 0. The molecular weight excluding hydrogens is 164 g/mol. The summed E-state index contributed by atoms with van der Waals surface area (Å²) in [7, 11) is 0. The second-order valence-electron chi connectivity index (χ2n) is 2.58. The molecule has 1 aromatic carbocycles. The highest BCUT2D eigenvalue weighted by Gasteiger charge is 2.15. The second-order valence-corrected chi connectivity index (χ2v) is 2.58. The topological polar surface area (TPSA) is 46.2 Å². The molecule has 1 atom stereocenters. The second kappa shape index (κ2) is 3.06. The molecule has 0 heterocycles. The molecule has 0 bridgehead atoms. The van der Waals surface area contributed by atoms with E-state index >= 15 is 0 Å². The van der Waals surface area contributed by atoms with Crippen molar-refractivity contribution in [3.8, 4) is 5.75 Å². The van der Waals surface area contributed by atoms with Gasteiger partial charge in [0.05, 0.1) is 0 Å². The van der Waals surface area contributed by atoms with Crippen LogP contribution in [0.2, 0.25) is 0 Å². The summed E-state index contributed by atoms with van der Waals surface area (Å²) in [5, 5.41) is 9.05. The van der Waals surface area contributed by atoms with Crippen molar-refractivity contribution in [3.63, 3.8) is 0 Å². The molecular formula is C8H9F2NO. The molecule has 0 aliphatic heterocycles. The predicted molar refractivity (Wildman–Crippen MR) is 40.6 cm³/mol. The van der Waals surface area contributed by atoms with Crippen molar-refractivity contribution in [3.05, 3.63) is 29.3 Å². The van der Waals surface area contributed by atoms with Crippen molar-refractivity contribution in [2.45, 2.75) is 13.0 Å². The lowest BCUT2D eigenvalue weighted by atomic mass is 10.1. The van der Waals surface area contributed by atoms with Gasteiger partial charge in [-0.25, -0.2) is 8.78 Å². The minimum atomic E-state index is -0.858. The number of rotatable bonds is 1. The summed E-state index contributed by atoms with van der Waals surface area (Å²) in [6.07, 6.45) is 0. The van der Waals surface area contributed by atoms with E-state index < -0.39 is 23.4 Å². The Balaban J connectivity index is 3.33. The van der Waals surface area contributed by atoms with Crippen molar-refractivity contribution in [2.75, 3.05) is 0 Å². The molecule has 1 aromatic rings. The van der Waals surface area contributed by atoms with Crippen molar-refractivity contribution in [1.29, 1.82) is 0 Å². The molecule has 2 nitrogen and oxygen atoms in total. The summed E-state index contributed by atoms with van der Waals surface area (Å²) in [5.41, 5.74) is 5.13. The third-order valence-electron chi connectivity index (χ3n) is 1.57. The average molecular weight is 173 g/mol. The lowest BCUT2D eigenvalue weighted by molar-refractivity contribution is 0.412. The van der Waals surface area contributed by atoms with Crippen LogP contribution in [0, 0.1) is 11.6 Å². The van der Waals surface area contributed by atoms with Crippen LogP contribution >= 0.6 is 0 Å². The van der Waals surface area contributed by atoms with Gasteiger partial charge in [-0.3, -0.25) is 0 Å². The molecule has 66 valence electrons. The van der Waals surface area contributed by atoms with Crippen LogP contribution in [-0.2, 0) is 0 Å². The van der Waals surface area contributed by atoms with Crippen LogP contribution in [0.1, 0.15) is 18.5 Å². The molecule has 1 rings (SSSR count). The Morgan fingerprint density at radius 3 is 2.25 bits per heavy atom. The molecule has 0 aromatic heterocycles. The number of hydrogen-bond acceptors (Lipinski definition) is 2. The molecule has 0 radical (unpaired) electrons. The molecule has 0 spiro atoms. The smallest absolute Gasteiger partial charge is 0.165 e. The number of benzene rings is 1. The summed E-state index contributed by atoms with van der Waals surface area (Å²) >= 11 is 0. The number of hydrogen-bond donors (Lipinski definition) is 2. The molecule has 0 aliphatic rings. The third kappa shape index (κ3) is 1.38. The molecule has 3 N–H and O–H groups in total. The van der Waals surface area contributed by atoms with E-state index in [0.717, 1.165) is 12.1 Å². The zero-order valence-electron chi connectivity index (χ0n) is 6.51. The number of phenols is 1. The minimum Gasteiger partial charge on any atom is -0.505 e. The van der Waals surface area contributed by atoms with E-state index in [1.54, 1.807) is 0 Å². The van der Waals surface area contributed by atoms with Crippen LogP contribution < -0.4 is 5.73 Å². The van der Waals surface area contributed by atoms with Gasteiger partial charge in [-0.05, 0) is 19.1 Å². The number of phenolic OH excluding ortho intramolecular Hbond substituents is 1. The van der Waals surface area contributed by atoms with Crippen molar-refractivity contribution >= 4 is 0 Å². The Morgan fingerprint density at radius 1 is 1.33 bits per heavy atom. The molecule has 0 amide bonds. The van der Waals surface area contributed by atoms with Gasteiger partial charge in [-0.15, -0.1) is 0 Å². The monoisotopic (exact) mass is 173 g/mol. The summed E-state index contributed by atoms with van der Waals surface area (Å²) in [5.74, 6) is -2.25. The van der Waals surface area contributed by atoms with Gasteiger partial charge >= 0.3 is 0 Å². The van der Waals surface area contributed by atoms with Gasteiger partial charge in [-0.1, -0.05) is 0 Å². The highest BCUT2D eigenvalue weighted by atomic mass is 19.1. The van der Waals surface area contributed by atoms with E-state index in [9.17, 15) is 8.78 Å². The Bertz CT molecular complexity index is 299. The Morgan fingerprint density at radius 2 is 1.83 bits per heavy atom. The van der Waals surface area contributed by atoms with E-state index in [-0.39, 0.29) is 5.56 Å². The first-order valence-electron chi connectivity index (χ1n) is 3.46. The first kappa shape index (κ1) is 8.93. The summed E-state index contributed by atoms with van der Waals surface area (Å²) in [6.45, 7) is 1.47. The van der Waals surface area contributed by atoms with Crippen LogP contribution in [-0.4, -0.2) is 5.11 Å². The van der Waals surface area contributed by atoms with Gasteiger partial charge in [-0.2, -0.15) is 0 Å². The molecule has 0 saturated heterocycles. The quantitative estimate of drug-likeness (QED) is 0.678. The van der Waals surface area contributed by atoms with Crippen LogP contribution in [0.5, 0.6) is 5.75 Å². The fraction of sp³-hybridized carbons (Fsp3) is 0.250. The lowest BCUT2D eigenvalue weighted by Gasteiger charge is -2.09. The summed E-state index contributed by atoms with van der Waals surface area (Å²) in [6, 6.07) is 1.07. The van der Waals surface area contributed by atoms with Gasteiger partial charge < -0.3 is 10.8 Å². The Hall–Kier alpha value is -1.16. The van der Waals surface area contributed by atoms with E-state index in [0.29, 0.717) is 0 Å². The fourth-order valence-corrected chi connectivity index (χ4v) is 0.990. The normalized spacial score (nSPS) is 13.0. The van der Waals surface area contributed by atoms with Gasteiger partial charge in [0, 0.05) is 11.6 Å². The molecule has 1 unspecified atom stereocenters. The molecule has 0 fully saturated rings.